The molecule has 0 heterocycles. The summed E-state index contributed by atoms with van der Waals surface area (Å²) in [5.74, 6) is 0. The first kappa shape index (κ1) is 37.7. The summed E-state index contributed by atoms with van der Waals surface area (Å²) in [7, 11) is 0. The van der Waals surface area contributed by atoms with Gasteiger partial charge in [0.2, 0.25) is 0 Å². The topological polar surface area (TPSA) is 0 Å². The minimum absolute atomic E-state index is 0.0297. The molecule has 62 heavy (non-hydrogen) atoms. The Labute approximate surface area is 358 Å². The fourth-order valence-electron chi connectivity index (χ4n) is 9.70. The summed E-state index contributed by atoms with van der Waals surface area (Å²) in [4.78, 5) is 0. The highest BCUT2D eigenvalue weighted by molar-refractivity contribution is 6.29. The molecule has 0 saturated heterocycles. The second-order valence-corrected chi connectivity index (χ2v) is 17.6. The Morgan fingerprint density at radius 2 is 0.645 bits per heavy atom. The Bertz CT molecular complexity index is 3330. The van der Waals surface area contributed by atoms with Crippen LogP contribution in [0.4, 0.5) is 13.2 Å². The number of fused-ring (bicyclic) bond motifs is 8. The first-order chi connectivity index (χ1) is 30.0. The van der Waals surface area contributed by atoms with Crippen LogP contribution in [0.2, 0.25) is 0 Å². The van der Waals surface area contributed by atoms with Crippen LogP contribution in [0, 0.1) is 0 Å². The maximum Gasteiger partial charge on any atom is 0.416 e. The lowest BCUT2D eigenvalue weighted by Crippen LogP contribution is -2.10. The molecule has 0 saturated carbocycles. The van der Waals surface area contributed by atoms with E-state index in [4.69, 9.17) is 0 Å². The van der Waals surface area contributed by atoms with E-state index >= 15 is 0 Å². The van der Waals surface area contributed by atoms with Gasteiger partial charge < -0.3 is 0 Å². The molecule has 0 atom stereocenters. The van der Waals surface area contributed by atoms with Crippen LogP contribution in [-0.2, 0) is 11.6 Å². The average Bonchev–Trinajstić information content (AvgIpc) is 3.29. The molecule has 11 aromatic carbocycles. The zero-order valence-electron chi connectivity index (χ0n) is 34.6. The van der Waals surface area contributed by atoms with Crippen LogP contribution in [0.25, 0.3) is 109 Å². The molecule has 0 aromatic heterocycles. The summed E-state index contributed by atoms with van der Waals surface area (Å²) in [5.41, 5.74) is 8.94. The zero-order chi connectivity index (χ0) is 42.3. The zero-order valence-corrected chi connectivity index (χ0v) is 34.6. The Balaban J connectivity index is 1.31. The normalized spacial score (nSPS) is 12.4. The minimum atomic E-state index is -4.42. The van der Waals surface area contributed by atoms with E-state index in [1.165, 1.54) is 39.2 Å². The van der Waals surface area contributed by atoms with Crippen molar-refractivity contribution < 1.29 is 13.2 Å². The molecule has 0 radical (unpaired) electrons. The fourth-order valence-corrected chi connectivity index (χ4v) is 9.70. The highest BCUT2D eigenvalue weighted by atomic mass is 19.4. The van der Waals surface area contributed by atoms with Gasteiger partial charge in [-0.1, -0.05) is 178 Å². The Kier molecular flexibility index (Phi) is 8.63. The van der Waals surface area contributed by atoms with Gasteiger partial charge in [-0.15, -0.1) is 0 Å². The predicted molar refractivity (Wildman–Crippen MR) is 257 cm³/mol. The largest absolute Gasteiger partial charge is 0.416 e. The molecule has 11 aromatic rings. The molecule has 0 fully saturated rings. The van der Waals surface area contributed by atoms with E-state index in [-0.39, 0.29) is 5.41 Å². The summed E-state index contributed by atoms with van der Waals surface area (Å²) < 4.78 is 41.3. The summed E-state index contributed by atoms with van der Waals surface area (Å²) in [6.07, 6.45) is -4.42. The lowest BCUT2D eigenvalue weighted by Gasteiger charge is -2.22. The molecule has 0 N–H and O–H groups in total. The maximum atomic E-state index is 13.8. The van der Waals surface area contributed by atoms with Crippen molar-refractivity contribution in [1.82, 2.24) is 0 Å². The molecule has 0 amide bonds. The third-order valence-corrected chi connectivity index (χ3v) is 12.8. The van der Waals surface area contributed by atoms with E-state index in [1.54, 1.807) is 12.1 Å². The molecule has 0 spiro atoms. The Hall–Kier alpha value is -7.23. The van der Waals surface area contributed by atoms with Gasteiger partial charge in [0.25, 0.3) is 0 Å². The third kappa shape index (κ3) is 6.22. The third-order valence-electron chi connectivity index (χ3n) is 12.8. The van der Waals surface area contributed by atoms with Crippen LogP contribution < -0.4 is 0 Å². The molecule has 3 heteroatoms. The summed E-state index contributed by atoms with van der Waals surface area (Å²) in [5, 5.41) is 13.7. The van der Waals surface area contributed by atoms with Crippen molar-refractivity contribution in [2.45, 2.75) is 32.4 Å². The van der Waals surface area contributed by atoms with Gasteiger partial charge in [0, 0.05) is 0 Å². The number of hydrogen-bond donors (Lipinski definition) is 0. The monoisotopic (exact) mass is 806 g/mol. The quantitative estimate of drug-likeness (QED) is 0.123. The molecule has 0 aliphatic carbocycles. The van der Waals surface area contributed by atoms with E-state index in [1.807, 2.05) is 0 Å². The van der Waals surface area contributed by atoms with Crippen molar-refractivity contribution >= 4 is 64.6 Å². The fraction of sp³-hybridized carbons (Fsp3) is 0.0847. The number of benzene rings is 11. The van der Waals surface area contributed by atoms with Crippen molar-refractivity contribution in [2.24, 2.45) is 0 Å². The van der Waals surface area contributed by atoms with Crippen molar-refractivity contribution in [1.29, 1.82) is 0 Å². The van der Waals surface area contributed by atoms with Crippen LogP contribution in [-0.4, -0.2) is 0 Å². The highest BCUT2D eigenvalue weighted by Crippen LogP contribution is 2.50. The molecule has 11 rings (SSSR count). The molecule has 0 unspecified atom stereocenters. The van der Waals surface area contributed by atoms with Crippen LogP contribution >= 0.6 is 0 Å². The molecule has 298 valence electrons. The number of hydrogen-bond acceptors (Lipinski definition) is 0. The summed E-state index contributed by atoms with van der Waals surface area (Å²) in [6, 6.07) is 66.9. The maximum absolute atomic E-state index is 13.8. The summed E-state index contributed by atoms with van der Waals surface area (Å²) in [6.45, 7) is 6.72. The van der Waals surface area contributed by atoms with Crippen molar-refractivity contribution in [3.05, 3.63) is 205 Å². The van der Waals surface area contributed by atoms with Gasteiger partial charge in [-0.3, -0.25) is 0 Å². The van der Waals surface area contributed by atoms with Gasteiger partial charge in [-0.05, 0) is 157 Å². The van der Waals surface area contributed by atoms with E-state index in [2.05, 4.69) is 191 Å². The van der Waals surface area contributed by atoms with Crippen molar-refractivity contribution in [3.63, 3.8) is 0 Å². The first-order valence-corrected chi connectivity index (χ1v) is 21.1. The minimum Gasteiger partial charge on any atom is -0.166 e. The van der Waals surface area contributed by atoms with Crippen molar-refractivity contribution in [2.75, 3.05) is 0 Å². The predicted octanol–water partition coefficient (Wildman–Crippen LogP) is 17.6. The van der Waals surface area contributed by atoms with E-state index in [0.717, 1.165) is 87.6 Å². The average molecular weight is 807 g/mol. The standard InChI is InChI=1S/C59H41F3/c1-58(2,3)42-26-20-36(21-27-42)38-24-30-50-54(32-38)56(52-34-40-12-4-6-14-44(40)46-16-8-10-18-48(46)52)51-31-25-39(37-22-28-43(29-23-37)59(60,61)62)33-55(51)57(50)53-35-41-13-5-7-15-45(41)47-17-9-11-19-49(47)53/h4-35H,1-3H3. The number of halogens is 3. The second kappa shape index (κ2) is 14.2. The van der Waals surface area contributed by atoms with Crippen LogP contribution in [0.1, 0.15) is 31.9 Å². The van der Waals surface area contributed by atoms with Crippen LogP contribution in [0.3, 0.4) is 0 Å². The first-order valence-electron chi connectivity index (χ1n) is 21.1. The second-order valence-electron chi connectivity index (χ2n) is 17.6. The van der Waals surface area contributed by atoms with Gasteiger partial charge in [-0.25, -0.2) is 0 Å². The molecular weight excluding hydrogens is 766 g/mol. The summed E-state index contributed by atoms with van der Waals surface area (Å²) >= 11 is 0. The van der Waals surface area contributed by atoms with Gasteiger partial charge in [0.15, 0.2) is 0 Å². The molecule has 0 bridgehead atoms. The smallest absolute Gasteiger partial charge is 0.166 e. The Morgan fingerprint density at radius 3 is 1.05 bits per heavy atom. The van der Waals surface area contributed by atoms with Crippen LogP contribution in [0.15, 0.2) is 194 Å². The van der Waals surface area contributed by atoms with E-state index < -0.39 is 11.7 Å². The number of rotatable bonds is 4. The van der Waals surface area contributed by atoms with Crippen LogP contribution in [0.5, 0.6) is 0 Å². The van der Waals surface area contributed by atoms with E-state index in [9.17, 15) is 13.2 Å². The highest BCUT2D eigenvalue weighted by Gasteiger charge is 2.30. The molecule has 0 aliphatic heterocycles. The lowest BCUT2D eigenvalue weighted by molar-refractivity contribution is -0.137. The van der Waals surface area contributed by atoms with Gasteiger partial charge in [0.1, 0.15) is 0 Å². The van der Waals surface area contributed by atoms with Crippen molar-refractivity contribution in [3.8, 4) is 44.5 Å². The molecule has 0 aliphatic rings. The Morgan fingerprint density at radius 1 is 0.290 bits per heavy atom. The molecule has 0 nitrogen and oxygen atoms in total. The van der Waals surface area contributed by atoms with Gasteiger partial charge >= 0.3 is 6.18 Å². The SMILES string of the molecule is CC(C)(C)c1ccc(-c2ccc3c(-c4cc5ccccc5c5ccccc45)c4cc(-c5ccc(C(F)(F)F)cc5)ccc4c(-c4cc5ccccc5c5ccccc45)c3c2)cc1. The lowest BCUT2D eigenvalue weighted by atomic mass is 9.81. The molecular formula is C59H41F3. The number of alkyl halides is 3. The van der Waals surface area contributed by atoms with E-state index in [0.29, 0.717) is 0 Å². The van der Waals surface area contributed by atoms with Gasteiger partial charge in [-0.2, -0.15) is 13.2 Å². The van der Waals surface area contributed by atoms with Gasteiger partial charge in [0.05, 0.1) is 5.56 Å².